The molecule has 0 saturated carbocycles. The topological polar surface area (TPSA) is 86.7 Å². The molecule has 0 unspecified atom stereocenters. The fourth-order valence-electron chi connectivity index (χ4n) is 3.90. The summed E-state index contributed by atoms with van der Waals surface area (Å²) in [5.74, 6) is -0.137. The Hall–Kier alpha value is -2.51. The van der Waals surface area contributed by atoms with Crippen LogP contribution >= 0.6 is 0 Å². The maximum atomic E-state index is 12.9. The maximum absolute atomic E-state index is 12.9. The van der Waals surface area contributed by atoms with Crippen molar-refractivity contribution in [3.8, 4) is 0 Å². The molecule has 2 aliphatic rings. The molecule has 1 aromatic heterocycles. The number of hydrogen-bond donors (Lipinski definition) is 0. The molecule has 0 aliphatic carbocycles. The number of amides is 3. The van der Waals surface area contributed by atoms with E-state index >= 15 is 0 Å². The molecule has 0 aromatic carbocycles. The van der Waals surface area contributed by atoms with E-state index in [1.165, 1.54) is 12.4 Å². The highest BCUT2D eigenvalue weighted by Crippen LogP contribution is 2.35. The van der Waals surface area contributed by atoms with E-state index in [4.69, 9.17) is 0 Å². The first-order valence-corrected chi connectivity index (χ1v) is 8.90. The van der Waals surface area contributed by atoms with Crippen LogP contribution < -0.4 is 0 Å². The normalized spacial score (nSPS) is 23.7. The van der Waals surface area contributed by atoms with Gasteiger partial charge in [0.1, 0.15) is 0 Å². The highest BCUT2D eigenvalue weighted by molar-refractivity contribution is 5.94. The van der Waals surface area contributed by atoms with Gasteiger partial charge >= 0.3 is 0 Å². The Morgan fingerprint density at radius 3 is 2.38 bits per heavy atom. The summed E-state index contributed by atoms with van der Waals surface area (Å²) >= 11 is 0. The molecule has 3 rings (SSSR count). The number of likely N-dealkylation sites (tertiary alicyclic amines) is 1. The zero-order chi connectivity index (χ0) is 18.9. The van der Waals surface area contributed by atoms with Gasteiger partial charge in [0.25, 0.3) is 5.91 Å². The predicted octanol–water partition coefficient (Wildman–Crippen LogP) is 0.266. The Morgan fingerprint density at radius 1 is 1.12 bits per heavy atom. The quantitative estimate of drug-likeness (QED) is 0.756. The predicted molar refractivity (Wildman–Crippen MR) is 94.0 cm³/mol. The van der Waals surface area contributed by atoms with Gasteiger partial charge in [-0.2, -0.15) is 10.2 Å². The van der Waals surface area contributed by atoms with Crippen molar-refractivity contribution in [2.75, 3.05) is 39.8 Å². The molecule has 2 fully saturated rings. The Bertz CT molecular complexity index is 708. The maximum Gasteiger partial charge on any atom is 0.255 e. The van der Waals surface area contributed by atoms with Crippen LogP contribution in [-0.4, -0.2) is 82.4 Å². The summed E-state index contributed by atoms with van der Waals surface area (Å²) in [5, 5.41) is 7.49. The van der Waals surface area contributed by atoms with Gasteiger partial charge in [-0.3, -0.25) is 14.4 Å². The lowest BCUT2D eigenvalue weighted by Crippen LogP contribution is -2.45. The molecule has 2 saturated heterocycles. The van der Waals surface area contributed by atoms with Crippen LogP contribution in [0.1, 0.15) is 30.6 Å². The summed E-state index contributed by atoms with van der Waals surface area (Å²) in [6.07, 6.45) is 3.29. The molecule has 3 heterocycles. The van der Waals surface area contributed by atoms with Gasteiger partial charge in [-0.25, -0.2) is 0 Å². The largest absolute Gasteiger partial charge is 0.345 e. The Morgan fingerprint density at radius 2 is 1.81 bits per heavy atom. The molecule has 8 nitrogen and oxygen atoms in total. The van der Waals surface area contributed by atoms with Crippen molar-refractivity contribution in [1.29, 1.82) is 0 Å². The zero-order valence-electron chi connectivity index (χ0n) is 15.5. The molecular weight excluding hydrogens is 334 g/mol. The lowest BCUT2D eigenvalue weighted by Gasteiger charge is -2.33. The smallest absolute Gasteiger partial charge is 0.255 e. The van der Waals surface area contributed by atoms with Crippen LogP contribution in [0.2, 0.25) is 0 Å². The number of rotatable bonds is 2. The molecule has 140 valence electrons. The first-order chi connectivity index (χ1) is 12.3. The van der Waals surface area contributed by atoms with Crippen molar-refractivity contribution >= 4 is 17.7 Å². The van der Waals surface area contributed by atoms with Crippen LogP contribution in [0.3, 0.4) is 0 Å². The van der Waals surface area contributed by atoms with Crippen LogP contribution in [-0.2, 0) is 9.59 Å². The van der Waals surface area contributed by atoms with Gasteiger partial charge in [0, 0.05) is 57.5 Å². The van der Waals surface area contributed by atoms with E-state index in [1.807, 2.05) is 18.7 Å². The second-order valence-electron chi connectivity index (χ2n) is 7.70. The molecular formula is C18H25N5O3. The summed E-state index contributed by atoms with van der Waals surface area (Å²) in [6, 6.07) is 1.63. The van der Waals surface area contributed by atoms with Gasteiger partial charge in [-0.1, -0.05) is 13.8 Å². The van der Waals surface area contributed by atoms with Crippen LogP contribution in [0, 0.1) is 11.3 Å². The molecule has 2 aliphatic heterocycles. The first-order valence-electron chi connectivity index (χ1n) is 8.90. The van der Waals surface area contributed by atoms with Gasteiger partial charge < -0.3 is 14.7 Å². The minimum Gasteiger partial charge on any atom is -0.345 e. The SMILES string of the molecule is CC(C)C(=O)N1CCN(C(=O)c2ccnnc2)C[C@@]2(CC(=O)N(C)C2)C1. The lowest BCUT2D eigenvalue weighted by atomic mass is 9.85. The molecule has 8 heteroatoms. The van der Waals surface area contributed by atoms with Crippen LogP contribution in [0.4, 0.5) is 0 Å². The average molecular weight is 359 g/mol. The van der Waals surface area contributed by atoms with Gasteiger partial charge in [0.05, 0.1) is 18.0 Å². The fraction of sp³-hybridized carbons (Fsp3) is 0.611. The van der Waals surface area contributed by atoms with Crippen molar-refractivity contribution in [1.82, 2.24) is 24.9 Å². The summed E-state index contributed by atoms with van der Waals surface area (Å²) in [4.78, 5) is 43.0. The van der Waals surface area contributed by atoms with Crippen molar-refractivity contribution < 1.29 is 14.4 Å². The molecule has 0 N–H and O–H groups in total. The number of carbonyl (C=O) groups is 3. The fourth-order valence-corrected chi connectivity index (χ4v) is 3.90. The monoisotopic (exact) mass is 359 g/mol. The average Bonchev–Trinajstić information content (AvgIpc) is 2.79. The summed E-state index contributed by atoms with van der Waals surface area (Å²) < 4.78 is 0. The van der Waals surface area contributed by atoms with Gasteiger partial charge in [-0.15, -0.1) is 0 Å². The second kappa shape index (κ2) is 7.01. The Kier molecular flexibility index (Phi) is 4.93. The number of nitrogens with zero attached hydrogens (tertiary/aromatic N) is 5. The standard InChI is InChI=1S/C18H25N5O3/c1-13(2)16(25)22-6-7-23(17(26)14-4-5-19-20-9-14)12-18(11-22)8-15(24)21(3)10-18/h4-5,9,13H,6-8,10-12H2,1-3H3/t18-/m1/s1. The summed E-state index contributed by atoms with van der Waals surface area (Å²) in [6.45, 7) is 6.16. The summed E-state index contributed by atoms with van der Waals surface area (Å²) in [7, 11) is 1.77. The van der Waals surface area contributed by atoms with Crippen LogP contribution in [0.15, 0.2) is 18.5 Å². The van der Waals surface area contributed by atoms with Crippen molar-refractivity contribution in [2.24, 2.45) is 11.3 Å². The Labute approximate surface area is 153 Å². The van der Waals surface area contributed by atoms with Gasteiger partial charge in [0.15, 0.2) is 0 Å². The number of carbonyl (C=O) groups excluding carboxylic acids is 3. The van der Waals surface area contributed by atoms with E-state index in [0.29, 0.717) is 44.7 Å². The van der Waals surface area contributed by atoms with Gasteiger partial charge in [-0.05, 0) is 6.07 Å². The van der Waals surface area contributed by atoms with Crippen molar-refractivity contribution in [2.45, 2.75) is 20.3 Å². The zero-order valence-corrected chi connectivity index (χ0v) is 15.5. The van der Waals surface area contributed by atoms with Crippen LogP contribution in [0.5, 0.6) is 0 Å². The van der Waals surface area contributed by atoms with Crippen molar-refractivity contribution in [3.05, 3.63) is 24.0 Å². The number of aromatic nitrogens is 2. The molecule has 1 spiro atoms. The molecule has 0 radical (unpaired) electrons. The Balaban J connectivity index is 1.88. The number of hydrogen-bond acceptors (Lipinski definition) is 5. The molecule has 1 atom stereocenters. The highest BCUT2D eigenvalue weighted by atomic mass is 16.2. The summed E-state index contributed by atoms with van der Waals surface area (Å²) in [5.41, 5.74) is 0.0414. The third-order valence-electron chi connectivity index (χ3n) is 5.14. The molecule has 1 aromatic rings. The minimum absolute atomic E-state index is 0.0572. The van der Waals surface area contributed by atoms with Crippen LogP contribution in [0.25, 0.3) is 0 Å². The van der Waals surface area contributed by atoms with E-state index in [0.717, 1.165) is 0 Å². The van der Waals surface area contributed by atoms with E-state index in [1.54, 1.807) is 22.9 Å². The van der Waals surface area contributed by atoms with E-state index in [9.17, 15) is 14.4 Å². The lowest BCUT2D eigenvalue weighted by molar-refractivity contribution is -0.135. The minimum atomic E-state index is -0.428. The van der Waals surface area contributed by atoms with E-state index in [2.05, 4.69) is 10.2 Å². The molecule has 0 bridgehead atoms. The third-order valence-corrected chi connectivity index (χ3v) is 5.14. The van der Waals surface area contributed by atoms with E-state index < -0.39 is 5.41 Å². The van der Waals surface area contributed by atoms with E-state index in [-0.39, 0.29) is 23.6 Å². The van der Waals surface area contributed by atoms with Gasteiger partial charge in [0.2, 0.25) is 11.8 Å². The van der Waals surface area contributed by atoms with Crippen molar-refractivity contribution in [3.63, 3.8) is 0 Å². The second-order valence-corrected chi connectivity index (χ2v) is 7.70. The third kappa shape index (κ3) is 3.54. The molecule has 26 heavy (non-hydrogen) atoms. The first kappa shape index (κ1) is 18.3. The molecule has 3 amide bonds. The highest BCUT2D eigenvalue weighted by Gasteiger charge is 2.47.